The van der Waals surface area contributed by atoms with Crippen LogP contribution in [-0.4, -0.2) is 38.1 Å². The molecule has 8 nitrogen and oxygen atoms in total. The van der Waals surface area contributed by atoms with Crippen LogP contribution in [0.5, 0.6) is 17.2 Å². The summed E-state index contributed by atoms with van der Waals surface area (Å²) >= 11 is 0.809. The Morgan fingerprint density at radius 1 is 0.929 bits per heavy atom. The van der Waals surface area contributed by atoms with Gasteiger partial charge in [0.15, 0.2) is 11.6 Å². The number of hydrogen-bond donors (Lipinski definition) is 0. The molecule has 2 atom stereocenters. The van der Waals surface area contributed by atoms with E-state index in [1.54, 1.807) is 18.2 Å². The Labute approximate surface area is 248 Å². The number of sulfonamides is 1. The van der Waals surface area contributed by atoms with Gasteiger partial charge in [0.1, 0.15) is 34.6 Å². The molecule has 222 valence electrons. The molecule has 0 saturated heterocycles. The molecule has 0 spiro atoms. The molecule has 0 aliphatic heterocycles. The monoisotopic (exact) mass is 615 g/mol. The Bertz CT molecular complexity index is 1600. The molecule has 1 aliphatic carbocycles. The van der Waals surface area contributed by atoms with Crippen molar-refractivity contribution >= 4 is 26.7 Å². The number of halogens is 2. The summed E-state index contributed by atoms with van der Waals surface area (Å²) < 4.78 is 80.4. The third-order valence-corrected chi connectivity index (χ3v) is 9.94. The third kappa shape index (κ3) is 6.34. The summed E-state index contributed by atoms with van der Waals surface area (Å²) in [4.78, 5) is 3.20. The van der Waals surface area contributed by atoms with Gasteiger partial charge in [-0.1, -0.05) is 43.2 Å². The van der Waals surface area contributed by atoms with Gasteiger partial charge in [-0.25, -0.2) is 26.5 Å². The molecule has 4 aromatic rings. The molecular formula is C30H31F2N3O5S2. The van der Waals surface area contributed by atoms with E-state index in [9.17, 15) is 8.42 Å². The Morgan fingerprint density at radius 3 is 2.43 bits per heavy atom. The van der Waals surface area contributed by atoms with Crippen LogP contribution >= 0.6 is 11.5 Å². The maximum absolute atomic E-state index is 15.6. The fourth-order valence-corrected chi connectivity index (χ4v) is 7.44. The molecule has 2 unspecified atom stereocenters. The van der Waals surface area contributed by atoms with Gasteiger partial charge in [0.25, 0.3) is 10.0 Å². The first-order valence-corrected chi connectivity index (χ1v) is 15.7. The second kappa shape index (κ2) is 13.0. The zero-order valence-corrected chi connectivity index (χ0v) is 24.8. The molecule has 1 aromatic heterocycles. The number of methoxy groups -OCH3 is 2. The Hall–Kier alpha value is -3.77. The van der Waals surface area contributed by atoms with Gasteiger partial charge in [-0.15, -0.1) is 0 Å². The average molecular weight is 616 g/mol. The van der Waals surface area contributed by atoms with E-state index in [1.807, 2.05) is 30.3 Å². The fourth-order valence-electron chi connectivity index (χ4n) is 5.25. The topological polar surface area (TPSA) is 90.9 Å². The van der Waals surface area contributed by atoms with Gasteiger partial charge in [0.2, 0.25) is 5.13 Å². The number of aromatic nitrogens is 2. The van der Waals surface area contributed by atoms with Crippen molar-refractivity contribution in [3.63, 3.8) is 0 Å². The quantitative estimate of drug-likeness (QED) is 0.183. The van der Waals surface area contributed by atoms with E-state index in [2.05, 4.69) is 9.36 Å². The second-order valence-corrected chi connectivity index (χ2v) is 12.5. The van der Waals surface area contributed by atoms with Gasteiger partial charge in [-0.05, 0) is 37.0 Å². The first-order valence-electron chi connectivity index (χ1n) is 13.5. The predicted octanol–water partition coefficient (Wildman–Crippen LogP) is 6.72. The number of benzene rings is 3. The molecule has 0 amide bonds. The molecule has 0 N–H and O–H groups in total. The maximum Gasteiger partial charge on any atom is 0.269 e. The van der Waals surface area contributed by atoms with Crippen LogP contribution in [-0.2, 0) is 16.6 Å². The highest BCUT2D eigenvalue weighted by Gasteiger charge is 2.34. The first-order chi connectivity index (χ1) is 20.3. The van der Waals surface area contributed by atoms with Crippen molar-refractivity contribution < 1.29 is 31.4 Å². The molecule has 42 heavy (non-hydrogen) atoms. The van der Waals surface area contributed by atoms with Crippen LogP contribution in [0.1, 0.15) is 49.1 Å². The molecule has 1 saturated carbocycles. The first kappa shape index (κ1) is 29.7. The van der Waals surface area contributed by atoms with Crippen LogP contribution in [0.4, 0.5) is 13.9 Å². The lowest BCUT2D eigenvalue weighted by molar-refractivity contribution is 0.153. The Kier molecular flexibility index (Phi) is 9.22. The van der Waals surface area contributed by atoms with Crippen molar-refractivity contribution in [2.24, 2.45) is 0 Å². The highest BCUT2D eigenvalue weighted by molar-refractivity contribution is 7.93. The van der Waals surface area contributed by atoms with Crippen LogP contribution in [0.2, 0.25) is 0 Å². The van der Waals surface area contributed by atoms with Gasteiger partial charge in [0.05, 0.1) is 20.8 Å². The fraction of sp³-hybridized carbons (Fsp3) is 0.333. The van der Waals surface area contributed by atoms with E-state index < -0.39 is 26.6 Å². The molecule has 1 heterocycles. The van der Waals surface area contributed by atoms with Crippen LogP contribution < -0.4 is 18.5 Å². The van der Waals surface area contributed by atoms with E-state index in [0.29, 0.717) is 29.5 Å². The summed E-state index contributed by atoms with van der Waals surface area (Å²) in [5, 5.41) is -0.0165. The van der Waals surface area contributed by atoms with Crippen molar-refractivity contribution in [3.05, 3.63) is 89.8 Å². The molecular weight excluding hydrogens is 584 g/mol. The smallest absolute Gasteiger partial charge is 0.269 e. The van der Waals surface area contributed by atoms with E-state index >= 15 is 8.78 Å². The Morgan fingerprint density at radius 2 is 1.71 bits per heavy atom. The zero-order chi connectivity index (χ0) is 29.7. The number of rotatable bonds is 10. The van der Waals surface area contributed by atoms with Gasteiger partial charge in [0, 0.05) is 41.2 Å². The SMILES string of the molecule is COc1ccc(CN(c2ncns2)S(=O)(=O)c2cc(F)c(OC3CCCCCC3c3ccccc3)cc2F)c(OC)c1. The molecule has 0 radical (unpaired) electrons. The lowest BCUT2D eigenvalue weighted by atomic mass is 9.89. The van der Waals surface area contributed by atoms with E-state index in [4.69, 9.17) is 14.2 Å². The lowest BCUT2D eigenvalue weighted by Gasteiger charge is -2.27. The van der Waals surface area contributed by atoms with Gasteiger partial charge in [-0.3, -0.25) is 0 Å². The average Bonchev–Trinajstić information content (AvgIpc) is 3.43. The van der Waals surface area contributed by atoms with Crippen molar-refractivity contribution in [2.45, 2.75) is 55.6 Å². The predicted molar refractivity (Wildman–Crippen MR) is 156 cm³/mol. The number of nitrogens with zero attached hydrogens (tertiary/aromatic N) is 3. The van der Waals surface area contributed by atoms with Crippen molar-refractivity contribution in [1.29, 1.82) is 0 Å². The molecule has 12 heteroatoms. The summed E-state index contributed by atoms with van der Waals surface area (Å²) in [5.74, 6) is -1.55. The standard InChI is InChI=1S/C30H31F2N3O5S2/c1-38-22-14-13-21(27(15-22)39-2)18-35(30-33-19-34-41-30)42(36,37)29-17-24(31)28(16-25(29)32)40-26-12-8-4-7-11-23(26)20-9-5-3-6-10-20/h3,5-6,9-10,13-17,19,23,26H,4,7-8,11-12,18H2,1-2H3. The summed E-state index contributed by atoms with van der Waals surface area (Å²) in [5.41, 5.74) is 1.53. The number of hydrogen-bond acceptors (Lipinski definition) is 8. The third-order valence-electron chi connectivity index (χ3n) is 7.38. The highest BCUT2D eigenvalue weighted by atomic mass is 32.2. The number of anilines is 1. The molecule has 1 fully saturated rings. The minimum atomic E-state index is -4.64. The van der Waals surface area contributed by atoms with E-state index in [1.165, 1.54) is 20.5 Å². The summed E-state index contributed by atoms with van der Waals surface area (Å²) in [7, 11) is -1.71. The molecule has 5 rings (SSSR count). The number of ether oxygens (including phenoxy) is 3. The summed E-state index contributed by atoms with van der Waals surface area (Å²) in [6.07, 6.45) is 5.28. The normalized spacial score (nSPS) is 17.3. The highest BCUT2D eigenvalue weighted by Crippen LogP contribution is 2.37. The van der Waals surface area contributed by atoms with Crippen LogP contribution in [0, 0.1) is 11.6 Å². The van der Waals surface area contributed by atoms with E-state index in [0.717, 1.165) is 53.2 Å². The molecule has 0 bridgehead atoms. The summed E-state index contributed by atoms with van der Waals surface area (Å²) in [6.45, 7) is -0.273. The van der Waals surface area contributed by atoms with Crippen molar-refractivity contribution in [2.75, 3.05) is 18.5 Å². The largest absolute Gasteiger partial charge is 0.497 e. The minimum absolute atomic E-state index is 0.00643. The van der Waals surface area contributed by atoms with Gasteiger partial charge >= 0.3 is 0 Å². The maximum atomic E-state index is 15.6. The van der Waals surface area contributed by atoms with Crippen molar-refractivity contribution in [1.82, 2.24) is 9.36 Å². The van der Waals surface area contributed by atoms with Gasteiger partial charge < -0.3 is 14.2 Å². The van der Waals surface area contributed by atoms with Crippen LogP contribution in [0.25, 0.3) is 0 Å². The molecule has 1 aliphatic rings. The van der Waals surface area contributed by atoms with Gasteiger partial charge in [-0.2, -0.15) is 4.37 Å². The molecule has 3 aromatic carbocycles. The summed E-state index contributed by atoms with van der Waals surface area (Å²) in [6, 6.07) is 16.2. The minimum Gasteiger partial charge on any atom is -0.497 e. The van der Waals surface area contributed by atoms with Crippen molar-refractivity contribution in [3.8, 4) is 17.2 Å². The van der Waals surface area contributed by atoms with Crippen LogP contribution in [0.15, 0.2) is 71.9 Å². The second-order valence-electron chi connectivity index (χ2n) is 9.94. The van der Waals surface area contributed by atoms with E-state index in [-0.39, 0.29) is 29.4 Å². The zero-order valence-electron chi connectivity index (χ0n) is 23.2. The Balaban J connectivity index is 1.47. The van der Waals surface area contributed by atoms with Crippen LogP contribution in [0.3, 0.4) is 0 Å². The lowest BCUT2D eigenvalue weighted by Crippen LogP contribution is -2.31.